The number of ether oxygens (including phenoxy) is 2. The van der Waals surface area contributed by atoms with Crippen LogP contribution in [0.2, 0.25) is 0 Å². The van der Waals surface area contributed by atoms with Crippen molar-refractivity contribution in [2.24, 2.45) is 23.2 Å². The predicted molar refractivity (Wildman–Crippen MR) is 104 cm³/mol. The van der Waals surface area contributed by atoms with E-state index in [-0.39, 0.29) is 46.9 Å². The number of epoxide rings is 1. The second kappa shape index (κ2) is 6.69. The molecule has 156 valence electrons. The number of fused-ring (bicyclic) bond motifs is 2. The lowest BCUT2D eigenvalue weighted by Gasteiger charge is -2.48. The quantitative estimate of drug-likeness (QED) is 0.427. The smallest absolute Gasteiger partial charge is 0.311 e. The maximum Gasteiger partial charge on any atom is 0.311 e. The van der Waals surface area contributed by atoms with Gasteiger partial charge in [0.15, 0.2) is 0 Å². The molecule has 2 aliphatic carbocycles. The van der Waals surface area contributed by atoms with Crippen LogP contribution in [0.1, 0.15) is 58.8 Å². The molecule has 1 spiro atoms. The van der Waals surface area contributed by atoms with E-state index < -0.39 is 0 Å². The van der Waals surface area contributed by atoms with Crippen molar-refractivity contribution in [3.63, 3.8) is 0 Å². The van der Waals surface area contributed by atoms with Gasteiger partial charge in [0.1, 0.15) is 11.7 Å². The van der Waals surface area contributed by atoms with Gasteiger partial charge in [-0.05, 0) is 44.6 Å². The second-order valence-corrected chi connectivity index (χ2v) is 10.1. The third-order valence-corrected chi connectivity index (χ3v) is 8.51. The van der Waals surface area contributed by atoms with Crippen molar-refractivity contribution in [2.75, 3.05) is 26.2 Å². The largest absolute Gasteiger partial charge is 0.462 e. The van der Waals surface area contributed by atoms with Crippen LogP contribution < -0.4 is 5.32 Å². The topological polar surface area (TPSA) is 71.2 Å². The molecule has 0 radical (unpaired) electrons. The molecule has 7 atom stereocenters. The summed E-state index contributed by atoms with van der Waals surface area (Å²) in [5.74, 6) is 0.915. The monoisotopic (exact) mass is 390 g/mol. The number of esters is 1. The number of carbonyl (C=O) groups is 2. The van der Waals surface area contributed by atoms with Crippen molar-refractivity contribution in [1.29, 1.82) is 0 Å². The fraction of sp³-hybridized carbons (Fsp3) is 0.909. The summed E-state index contributed by atoms with van der Waals surface area (Å²) in [4.78, 5) is 26.3. The zero-order chi connectivity index (χ0) is 19.5. The summed E-state index contributed by atoms with van der Waals surface area (Å²) in [5.41, 5.74) is 0.135. The molecule has 0 aromatic heterocycles. The molecule has 5 aliphatic rings. The lowest BCUT2D eigenvalue weighted by molar-refractivity contribution is -0.146. The van der Waals surface area contributed by atoms with E-state index in [9.17, 15) is 9.59 Å². The minimum atomic E-state index is -0.0959. The summed E-state index contributed by atoms with van der Waals surface area (Å²) in [6, 6.07) is 0. The van der Waals surface area contributed by atoms with Gasteiger partial charge in [-0.1, -0.05) is 20.3 Å². The number of hydrogen-bond acceptors (Lipinski definition) is 5. The van der Waals surface area contributed by atoms with Crippen LogP contribution >= 0.6 is 0 Å². The highest BCUT2D eigenvalue weighted by atomic mass is 16.6. The summed E-state index contributed by atoms with van der Waals surface area (Å²) in [5, 5.41) is 3.46. The van der Waals surface area contributed by atoms with E-state index in [0.717, 1.165) is 38.9 Å². The predicted octanol–water partition coefficient (Wildman–Crippen LogP) is 2.11. The van der Waals surface area contributed by atoms with Crippen molar-refractivity contribution < 1.29 is 19.1 Å². The SMILES string of the molecule is CC1CCCC2(C)CC3OC(=O)C(CNCCCN4CCCC4=O)C3C3OC132. The molecular formula is C22H34N2O4. The summed E-state index contributed by atoms with van der Waals surface area (Å²) in [6.07, 6.45) is 7.46. The highest BCUT2D eigenvalue weighted by Crippen LogP contribution is 2.70. The summed E-state index contributed by atoms with van der Waals surface area (Å²) < 4.78 is 12.3. The Bertz CT molecular complexity index is 669. The Hall–Kier alpha value is -1.14. The third-order valence-electron chi connectivity index (χ3n) is 8.51. The Kier molecular flexibility index (Phi) is 4.51. The van der Waals surface area contributed by atoms with Crippen LogP contribution in [0.5, 0.6) is 0 Å². The van der Waals surface area contributed by atoms with E-state index in [2.05, 4.69) is 19.2 Å². The molecule has 1 N–H and O–H groups in total. The van der Waals surface area contributed by atoms with E-state index in [1.54, 1.807) is 0 Å². The molecule has 0 bridgehead atoms. The molecule has 5 fully saturated rings. The van der Waals surface area contributed by atoms with Crippen LogP contribution in [-0.4, -0.2) is 60.8 Å². The number of amides is 1. The van der Waals surface area contributed by atoms with E-state index in [4.69, 9.17) is 9.47 Å². The van der Waals surface area contributed by atoms with Crippen LogP contribution in [0.15, 0.2) is 0 Å². The molecular weight excluding hydrogens is 356 g/mol. The van der Waals surface area contributed by atoms with Crippen molar-refractivity contribution in [2.45, 2.75) is 76.6 Å². The van der Waals surface area contributed by atoms with E-state index in [0.29, 0.717) is 18.9 Å². The van der Waals surface area contributed by atoms with Gasteiger partial charge in [0.2, 0.25) is 5.91 Å². The fourth-order valence-corrected chi connectivity index (χ4v) is 7.06. The van der Waals surface area contributed by atoms with Crippen molar-refractivity contribution in [1.82, 2.24) is 10.2 Å². The maximum atomic E-state index is 12.6. The van der Waals surface area contributed by atoms with Crippen LogP contribution in [0.3, 0.4) is 0 Å². The average Bonchev–Trinajstić information content (AvgIpc) is 3.17. The van der Waals surface area contributed by atoms with Crippen LogP contribution in [0, 0.1) is 23.2 Å². The molecule has 6 heteroatoms. The van der Waals surface area contributed by atoms with Gasteiger partial charge < -0.3 is 19.7 Å². The fourth-order valence-electron chi connectivity index (χ4n) is 7.06. The number of carbonyl (C=O) groups excluding carboxylic acids is 2. The van der Waals surface area contributed by atoms with Crippen LogP contribution in [-0.2, 0) is 19.1 Å². The average molecular weight is 391 g/mol. The normalized spacial score (nSPS) is 46.8. The second-order valence-electron chi connectivity index (χ2n) is 10.1. The Labute approximate surface area is 167 Å². The Balaban J connectivity index is 1.18. The van der Waals surface area contributed by atoms with Gasteiger partial charge in [0.05, 0.1) is 12.0 Å². The van der Waals surface area contributed by atoms with Gasteiger partial charge in [-0.2, -0.15) is 0 Å². The molecule has 3 aliphatic heterocycles. The molecule has 0 aromatic carbocycles. The van der Waals surface area contributed by atoms with Gasteiger partial charge in [0.25, 0.3) is 0 Å². The lowest BCUT2D eigenvalue weighted by atomic mass is 9.53. The van der Waals surface area contributed by atoms with Gasteiger partial charge in [-0.3, -0.25) is 9.59 Å². The number of hydrogen-bond donors (Lipinski definition) is 1. The summed E-state index contributed by atoms with van der Waals surface area (Å²) in [7, 11) is 0. The number of likely N-dealkylation sites (tertiary alicyclic amines) is 1. The maximum absolute atomic E-state index is 12.6. The Morgan fingerprint density at radius 1 is 1.29 bits per heavy atom. The highest BCUT2D eigenvalue weighted by Gasteiger charge is 2.78. The molecule has 0 aromatic rings. The third kappa shape index (κ3) is 2.67. The molecule has 5 rings (SSSR count). The van der Waals surface area contributed by atoms with Crippen LogP contribution in [0.4, 0.5) is 0 Å². The molecule has 28 heavy (non-hydrogen) atoms. The minimum Gasteiger partial charge on any atom is -0.462 e. The first-order chi connectivity index (χ1) is 13.5. The Morgan fingerprint density at radius 2 is 2.14 bits per heavy atom. The summed E-state index contributed by atoms with van der Waals surface area (Å²) >= 11 is 0. The number of nitrogens with zero attached hydrogens (tertiary/aromatic N) is 1. The standard InChI is InChI=1S/C22H34N2O4/c1-14-6-3-8-21(2)12-16-18(19-22(14,21)28-19)15(20(26)27-16)13-23-9-5-11-24-10-4-7-17(24)25/h14-16,18-19,23H,3-13H2,1-2H3. The van der Waals surface area contributed by atoms with E-state index in [1.165, 1.54) is 19.3 Å². The van der Waals surface area contributed by atoms with Crippen molar-refractivity contribution in [3.05, 3.63) is 0 Å². The van der Waals surface area contributed by atoms with Gasteiger partial charge in [-0.15, -0.1) is 0 Å². The number of nitrogens with one attached hydrogen (secondary N) is 1. The van der Waals surface area contributed by atoms with Crippen LogP contribution in [0.25, 0.3) is 0 Å². The molecule has 3 heterocycles. The first-order valence-electron chi connectivity index (χ1n) is 11.3. The number of rotatable bonds is 6. The van der Waals surface area contributed by atoms with Gasteiger partial charge in [0, 0.05) is 37.4 Å². The molecule has 2 saturated carbocycles. The van der Waals surface area contributed by atoms with Crippen molar-refractivity contribution in [3.8, 4) is 0 Å². The van der Waals surface area contributed by atoms with E-state index >= 15 is 0 Å². The first kappa shape index (κ1) is 18.9. The molecule has 1 amide bonds. The molecule has 6 nitrogen and oxygen atoms in total. The van der Waals surface area contributed by atoms with Crippen molar-refractivity contribution >= 4 is 11.9 Å². The molecule has 7 unspecified atom stereocenters. The van der Waals surface area contributed by atoms with E-state index in [1.807, 2.05) is 4.90 Å². The first-order valence-corrected chi connectivity index (χ1v) is 11.3. The van der Waals surface area contributed by atoms with Gasteiger partial charge in [-0.25, -0.2) is 0 Å². The Morgan fingerprint density at radius 3 is 2.93 bits per heavy atom. The lowest BCUT2D eigenvalue weighted by Crippen LogP contribution is -2.54. The zero-order valence-electron chi connectivity index (χ0n) is 17.2. The van der Waals surface area contributed by atoms with Gasteiger partial charge >= 0.3 is 5.97 Å². The molecule has 3 saturated heterocycles. The summed E-state index contributed by atoms with van der Waals surface area (Å²) in [6.45, 7) is 7.90. The minimum absolute atomic E-state index is 0.0191. The highest BCUT2D eigenvalue weighted by molar-refractivity contribution is 5.78. The zero-order valence-corrected chi connectivity index (χ0v) is 17.2.